The number of likely N-dealkylation sites (tertiary alicyclic amines) is 1. The molecule has 1 aliphatic carbocycles. The summed E-state index contributed by atoms with van der Waals surface area (Å²) < 4.78 is 7.72. The zero-order chi connectivity index (χ0) is 22.8. The fourth-order valence-electron chi connectivity index (χ4n) is 5.41. The van der Waals surface area contributed by atoms with E-state index in [4.69, 9.17) is 4.74 Å². The summed E-state index contributed by atoms with van der Waals surface area (Å²) >= 11 is 0. The third-order valence-electron chi connectivity index (χ3n) is 7.32. The summed E-state index contributed by atoms with van der Waals surface area (Å²) in [6.45, 7) is 6.74. The summed E-state index contributed by atoms with van der Waals surface area (Å²) in [6, 6.07) is 7.86. The van der Waals surface area contributed by atoms with Crippen LogP contribution in [0.1, 0.15) is 82.3 Å². The Kier molecular flexibility index (Phi) is 6.44. The Hall–Kier alpha value is -2.74. The lowest BCUT2D eigenvalue weighted by Crippen LogP contribution is -2.40. The van der Waals surface area contributed by atoms with Crippen LogP contribution in [0, 0.1) is 5.92 Å². The number of nitrogens with one attached hydrogen (secondary N) is 1. The van der Waals surface area contributed by atoms with Gasteiger partial charge >= 0.3 is 0 Å². The second-order valence-electron chi connectivity index (χ2n) is 9.63. The molecule has 1 saturated carbocycles. The van der Waals surface area contributed by atoms with Crippen molar-refractivity contribution < 1.29 is 4.74 Å². The van der Waals surface area contributed by atoms with Crippen molar-refractivity contribution in [3.8, 4) is 5.75 Å². The third-order valence-corrected chi connectivity index (χ3v) is 7.32. The summed E-state index contributed by atoms with van der Waals surface area (Å²) in [6.07, 6.45) is 8.08. The molecule has 3 heterocycles. The minimum atomic E-state index is -0.265. The van der Waals surface area contributed by atoms with E-state index in [1.54, 1.807) is 0 Å². The number of hydrogen-bond donors (Lipinski definition) is 1. The average molecular weight is 451 g/mol. The van der Waals surface area contributed by atoms with E-state index in [1.807, 2.05) is 35.9 Å². The first-order chi connectivity index (χ1) is 16.1. The van der Waals surface area contributed by atoms with Gasteiger partial charge in [-0.05, 0) is 86.3 Å². The molecule has 8 nitrogen and oxygen atoms in total. The van der Waals surface area contributed by atoms with Gasteiger partial charge in [-0.1, -0.05) is 26.2 Å². The SMILES string of the molecule is CCOc1ccc2[nH]c(=O)c([C@@H](c3nnnn3C3CCCCC3)N3CCC(C)CC3)cc2c1. The Morgan fingerprint density at radius 3 is 2.67 bits per heavy atom. The van der Waals surface area contributed by atoms with Gasteiger partial charge in [-0.3, -0.25) is 9.69 Å². The van der Waals surface area contributed by atoms with Crippen molar-refractivity contribution in [2.45, 2.75) is 70.9 Å². The highest BCUT2D eigenvalue weighted by molar-refractivity contribution is 5.80. The van der Waals surface area contributed by atoms with E-state index in [1.165, 1.54) is 19.3 Å². The molecule has 2 aromatic heterocycles. The molecule has 1 aliphatic heterocycles. The molecule has 0 unspecified atom stereocenters. The van der Waals surface area contributed by atoms with Crippen LogP contribution >= 0.6 is 0 Å². The molecule has 33 heavy (non-hydrogen) atoms. The van der Waals surface area contributed by atoms with E-state index in [-0.39, 0.29) is 11.6 Å². The number of aromatic nitrogens is 5. The van der Waals surface area contributed by atoms with Gasteiger partial charge in [0.1, 0.15) is 11.8 Å². The summed E-state index contributed by atoms with van der Waals surface area (Å²) in [5.41, 5.74) is 1.44. The van der Waals surface area contributed by atoms with Crippen molar-refractivity contribution in [3.05, 3.63) is 46.0 Å². The monoisotopic (exact) mass is 450 g/mol. The summed E-state index contributed by atoms with van der Waals surface area (Å²) in [7, 11) is 0. The van der Waals surface area contributed by atoms with Crippen LogP contribution < -0.4 is 10.3 Å². The van der Waals surface area contributed by atoms with Crippen molar-refractivity contribution in [1.82, 2.24) is 30.1 Å². The van der Waals surface area contributed by atoms with Crippen LogP contribution in [0.2, 0.25) is 0 Å². The molecule has 176 valence electrons. The number of nitrogens with zero attached hydrogens (tertiary/aromatic N) is 5. The maximum absolute atomic E-state index is 13.4. The quantitative estimate of drug-likeness (QED) is 0.604. The molecule has 8 heteroatoms. The van der Waals surface area contributed by atoms with Crippen molar-refractivity contribution >= 4 is 10.9 Å². The number of ether oxygens (including phenoxy) is 1. The van der Waals surface area contributed by atoms with Gasteiger partial charge in [0.2, 0.25) is 0 Å². The van der Waals surface area contributed by atoms with Gasteiger partial charge in [-0.25, -0.2) is 4.68 Å². The van der Waals surface area contributed by atoms with Crippen molar-refractivity contribution in [1.29, 1.82) is 0 Å². The van der Waals surface area contributed by atoms with Crippen LogP contribution in [-0.4, -0.2) is 49.8 Å². The summed E-state index contributed by atoms with van der Waals surface area (Å²) in [5, 5.41) is 14.0. The van der Waals surface area contributed by atoms with Crippen LogP contribution in [0.15, 0.2) is 29.1 Å². The first kappa shape index (κ1) is 22.1. The number of piperidine rings is 1. The van der Waals surface area contributed by atoms with Crippen LogP contribution in [0.3, 0.4) is 0 Å². The molecular weight excluding hydrogens is 416 g/mol. The molecule has 2 fully saturated rings. The predicted molar refractivity (Wildman–Crippen MR) is 127 cm³/mol. The molecule has 0 spiro atoms. The third kappa shape index (κ3) is 4.53. The van der Waals surface area contributed by atoms with E-state index in [0.29, 0.717) is 24.1 Å². The number of rotatable bonds is 6. The Bertz CT molecular complexity index is 1140. The molecule has 0 amide bonds. The standard InChI is InChI=1S/C25H34N6O2/c1-3-33-20-9-10-22-18(15-20)16-21(25(32)26-22)23(30-13-11-17(2)12-14-30)24-27-28-29-31(24)19-7-5-4-6-8-19/h9-10,15-17,19,23H,3-8,11-14H2,1-2H3,(H,26,32)/t23-/m0/s1. The van der Waals surface area contributed by atoms with Crippen molar-refractivity contribution in [2.75, 3.05) is 19.7 Å². The first-order valence-corrected chi connectivity index (χ1v) is 12.5. The van der Waals surface area contributed by atoms with Gasteiger partial charge in [-0.15, -0.1) is 5.10 Å². The van der Waals surface area contributed by atoms with Crippen LogP contribution in [0.25, 0.3) is 10.9 Å². The summed E-state index contributed by atoms with van der Waals surface area (Å²) in [5.74, 6) is 2.29. The first-order valence-electron chi connectivity index (χ1n) is 12.5. The van der Waals surface area contributed by atoms with E-state index in [2.05, 4.69) is 32.3 Å². The number of hydrogen-bond acceptors (Lipinski definition) is 6. The van der Waals surface area contributed by atoms with Crippen LogP contribution in [-0.2, 0) is 0 Å². The average Bonchev–Trinajstić information content (AvgIpc) is 3.31. The number of tetrazole rings is 1. The molecule has 2 aliphatic rings. The number of pyridine rings is 1. The highest BCUT2D eigenvalue weighted by atomic mass is 16.5. The fraction of sp³-hybridized carbons (Fsp3) is 0.600. The van der Waals surface area contributed by atoms with E-state index < -0.39 is 0 Å². The van der Waals surface area contributed by atoms with Crippen LogP contribution in [0.5, 0.6) is 5.75 Å². The van der Waals surface area contributed by atoms with Gasteiger partial charge in [0, 0.05) is 16.5 Å². The van der Waals surface area contributed by atoms with Gasteiger partial charge in [0.15, 0.2) is 5.82 Å². The zero-order valence-electron chi connectivity index (χ0n) is 19.7. The number of fused-ring (bicyclic) bond motifs is 1. The molecule has 0 bridgehead atoms. The molecular formula is C25H34N6O2. The smallest absolute Gasteiger partial charge is 0.253 e. The maximum Gasteiger partial charge on any atom is 0.253 e. The van der Waals surface area contributed by atoms with Crippen LogP contribution in [0.4, 0.5) is 0 Å². The van der Waals surface area contributed by atoms with E-state index in [9.17, 15) is 4.79 Å². The van der Waals surface area contributed by atoms with Gasteiger partial charge < -0.3 is 9.72 Å². The maximum atomic E-state index is 13.4. The lowest BCUT2D eigenvalue weighted by Gasteiger charge is -2.36. The highest BCUT2D eigenvalue weighted by Gasteiger charge is 2.34. The Labute approximate surface area is 194 Å². The Morgan fingerprint density at radius 1 is 1.12 bits per heavy atom. The Balaban J connectivity index is 1.61. The molecule has 5 rings (SSSR count). The molecule has 1 aromatic carbocycles. The minimum absolute atomic E-state index is 0.0755. The molecule has 3 aromatic rings. The number of H-pyrrole nitrogens is 1. The van der Waals surface area contributed by atoms with E-state index >= 15 is 0 Å². The van der Waals surface area contributed by atoms with E-state index in [0.717, 1.165) is 61.2 Å². The lowest BCUT2D eigenvalue weighted by atomic mass is 9.93. The zero-order valence-corrected chi connectivity index (χ0v) is 19.7. The fourth-order valence-corrected chi connectivity index (χ4v) is 5.41. The van der Waals surface area contributed by atoms with Gasteiger partial charge in [0.05, 0.1) is 12.6 Å². The number of aromatic amines is 1. The van der Waals surface area contributed by atoms with Crippen molar-refractivity contribution in [3.63, 3.8) is 0 Å². The second kappa shape index (κ2) is 9.63. The summed E-state index contributed by atoms with van der Waals surface area (Å²) in [4.78, 5) is 18.9. The normalized spacial score (nSPS) is 19.7. The van der Waals surface area contributed by atoms with Gasteiger partial charge in [0.25, 0.3) is 5.56 Å². The second-order valence-corrected chi connectivity index (χ2v) is 9.63. The topological polar surface area (TPSA) is 88.9 Å². The van der Waals surface area contributed by atoms with Crippen molar-refractivity contribution in [2.24, 2.45) is 5.92 Å². The largest absolute Gasteiger partial charge is 0.494 e. The molecule has 1 saturated heterocycles. The molecule has 1 N–H and O–H groups in total. The number of benzene rings is 1. The predicted octanol–water partition coefficient (Wildman–Crippen LogP) is 4.24. The van der Waals surface area contributed by atoms with Gasteiger partial charge in [-0.2, -0.15) is 0 Å². The highest BCUT2D eigenvalue weighted by Crippen LogP contribution is 2.35. The molecule has 0 radical (unpaired) electrons. The minimum Gasteiger partial charge on any atom is -0.494 e. The Morgan fingerprint density at radius 2 is 1.91 bits per heavy atom. The molecule has 1 atom stereocenters. The lowest BCUT2D eigenvalue weighted by molar-refractivity contribution is 0.146.